The zero-order valence-corrected chi connectivity index (χ0v) is 14.3. The summed E-state index contributed by atoms with van der Waals surface area (Å²) in [4.78, 5) is 3.44. The van der Waals surface area contributed by atoms with Crippen LogP contribution in [0.5, 0.6) is 11.5 Å². The quantitative estimate of drug-likeness (QED) is 0.557. The zero-order valence-electron chi connectivity index (χ0n) is 14.3. The standard InChI is InChI=1S/C21H20N2O2/c1-24-19-14-8-6-12-17(19)22-21(16-10-4-3-5-11-16)23-18-13-7-9-15-20(18)25-2/h3-15H,1-2H3,(H,22,23)/p+1. The minimum atomic E-state index is 0.776. The molecule has 3 aromatic carbocycles. The number of rotatable bonds is 5. The van der Waals surface area contributed by atoms with Crippen LogP contribution >= 0.6 is 0 Å². The van der Waals surface area contributed by atoms with Crippen molar-refractivity contribution < 1.29 is 14.5 Å². The minimum Gasteiger partial charge on any atom is -0.492 e. The van der Waals surface area contributed by atoms with E-state index in [9.17, 15) is 0 Å². The molecule has 0 aliphatic rings. The number of amidine groups is 1. The first kappa shape index (κ1) is 16.6. The first-order valence-corrected chi connectivity index (χ1v) is 8.04. The van der Waals surface area contributed by atoms with E-state index in [0.717, 1.165) is 34.3 Å². The van der Waals surface area contributed by atoms with Crippen molar-refractivity contribution in [1.29, 1.82) is 0 Å². The number of hydrogen-bond donors (Lipinski definition) is 2. The largest absolute Gasteiger partial charge is 0.492 e. The Bertz CT molecular complexity index is 861. The minimum absolute atomic E-state index is 0.776. The van der Waals surface area contributed by atoms with Crippen LogP contribution in [0, 0.1) is 0 Å². The highest BCUT2D eigenvalue weighted by atomic mass is 16.5. The van der Waals surface area contributed by atoms with Crippen molar-refractivity contribution in [2.45, 2.75) is 0 Å². The molecule has 0 bridgehead atoms. The van der Waals surface area contributed by atoms with E-state index in [1.807, 2.05) is 78.9 Å². The lowest BCUT2D eigenvalue weighted by atomic mass is 10.2. The smallest absolute Gasteiger partial charge is 0.285 e. The molecular formula is C21H21N2O2+. The molecule has 0 atom stereocenters. The van der Waals surface area contributed by atoms with Crippen LogP contribution in [0.3, 0.4) is 0 Å². The van der Waals surface area contributed by atoms with Crippen LogP contribution in [0.4, 0.5) is 11.4 Å². The molecule has 0 aromatic heterocycles. The number of hydrogen-bond acceptors (Lipinski definition) is 2. The summed E-state index contributed by atoms with van der Waals surface area (Å²) in [5.74, 6) is 2.39. The van der Waals surface area contributed by atoms with Crippen molar-refractivity contribution in [3.8, 4) is 11.5 Å². The fraction of sp³-hybridized carbons (Fsp3) is 0.0952. The second-order valence-electron chi connectivity index (χ2n) is 5.39. The fourth-order valence-electron chi connectivity index (χ4n) is 2.55. The maximum atomic E-state index is 5.45. The topological polar surface area (TPSA) is 44.5 Å². The van der Waals surface area contributed by atoms with Gasteiger partial charge in [0, 0.05) is 0 Å². The number of benzene rings is 3. The highest BCUT2D eigenvalue weighted by molar-refractivity contribution is 6.05. The van der Waals surface area contributed by atoms with E-state index in [2.05, 4.69) is 10.3 Å². The summed E-state index contributed by atoms with van der Waals surface area (Å²) in [5.41, 5.74) is 2.79. The van der Waals surface area contributed by atoms with Crippen LogP contribution in [0.2, 0.25) is 0 Å². The molecule has 2 N–H and O–H groups in total. The monoisotopic (exact) mass is 333 g/mol. The third kappa shape index (κ3) is 3.98. The summed E-state index contributed by atoms with van der Waals surface area (Å²) in [7, 11) is 3.33. The molecule has 3 rings (SSSR count). The Kier molecular flexibility index (Phi) is 5.32. The number of ether oxygens (including phenoxy) is 2. The lowest BCUT2D eigenvalue weighted by Crippen LogP contribution is -2.69. The van der Waals surface area contributed by atoms with E-state index in [1.54, 1.807) is 14.2 Å². The molecule has 0 saturated heterocycles. The molecule has 3 aromatic rings. The van der Waals surface area contributed by atoms with Crippen LogP contribution in [-0.4, -0.2) is 20.1 Å². The van der Waals surface area contributed by atoms with Crippen LogP contribution in [0.25, 0.3) is 0 Å². The third-order valence-corrected chi connectivity index (χ3v) is 3.80. The number of methoxy groups -OCH3 is 2. The lowest BCUT2D eigenvalue weighted by Gasteiger charge is -2.09. The third-order valence-electron chi connectivity index (χ3n) is 3.80. The van der Waals surface area contributed by atoms with Gasteiger partial charge in [0.05, 0.1) is 19.8 Å². The number of anilines is 1. The summed E-state index contributed by atoms with van der Waals surface area (Å²) < 4.78 is 10.9. The van der Waals surface area contributed by atoms with Gasteiger partial charge in [0.1, 0.15) is 0 Å². The predicted molar refractivity (Wildman–Crippen MR) is 101 cm³/mol. The molecular weight excluding hydrogens is 312 g/mol. The van der Waals surface area contributed by atoms with E-state index >= 15 is 0 Å². The first-order chi connectivity index (χ1) is 12.3. The maximum absolute atomic E-state index is 5.45. The molecule has 4 nitrogen and oxygen atoms in total. The Morgan fingerprint density at radius 3 is 2.04 bits per heavy atom. The van der Waals surface area contributed by atoms with E-state index < -0.39 is 0 Å². The van der Waals surface area contributed by atoms with Crippen molar-refractivity contribution in [3.63, 3.8) is 0 Å². The summed E-state index contributed by atoms with van der Waals surface area (Å²) in [5, 5.41) is 3.44. The molecule has 0 amide bonds. The molecule has 0 heterocycles. The van der Waals surface area contributed by atoms with Gasteiger partial charge in [0.25, 0.3) is 5.84 Å². The molecule has 0 saturated carbocycles. The summed E-state index contributed by atoms with van der Waals surface area (Å²) >= 11 is 0. The van der Waals surface area contributed by atoms with Crippen LogP contribution in [0.15, 0.2) is 78.9 Å². The van der Waals surface area contributed by atoms with Crippen molar-refractivity contribution in [2.75, 3.05) is 19.5 Å². The molecule has 0 radical (unpaired) electrons. The molecule has 4 heteroatoms. The summed E-state index contributed by atoms with van der Waals surface area (Å²) in [6, 6.07) is 25.7. The van der Waals surface area contributed by atoms with Crippen LogP contribution < -0.4 is 19.8 Å². The van der Waals surface area contributed by atoms with E-state index in [-0.39, 0.29) is 0 Å². The lowest BCUT2D eigenvalue weighted by molar-refractivity contribution is -0.354. The van der Waals surface area contributed by atoms with Crippen LogP contribution in [-0.2, 0) is 0 Å². The van der Waals surface area contributed by atoms with Gasteiger partial charge in [-0.05, 0) is 36.4 Å². The summed E-state index contributed by atoms with van der Waals surface area (Å²) in [6.07, 6.45) is 0. The van der Waals surface area contributed by atoms with Crippen LogP contribution in [0.1, 0.15) is 5.56 Å². The molecule has 0 fully saturated rings. The SMILES string of the molecule is COc1ccccc1NC(=[NH+]c1ccccc1OC)c1ccccc1. The highest BCUT2D eigenvalue weighted by Gasteiger charge is 2.16. The van der Waals surface area contributed by atoms with E-state index in [4.69, 9.17) is 9.47 Å². The summed E-state index contributed by atoms with van der Waals surface area (Å²) in [6.45, 7) is 0. The van der Waals surface area contributed by atoms with Crippen molar-refractivity contribution in [1.82, 2.24) is 0 Å². The van der Waals surface area contributed by atoms with Gasteiger partial charge in [-0.2, -0.15) is 0 Å². The van der Waals surface area contributed by atoms with Gasteiger partial charge >= 0.3 is 0 Å². The second-order valence-corrected chi connectivity index (χ2v) is 5.39. The number of para-hydroxylation sites is 4. The van der Waals surface area contributed by atoms with Gasteiger partial charge < -0.3 is 9.47 Å². The van der Waals surface area contributed by atoms with Gasteiger partial charge in [-0.3, -0.25) is 0 Å². The Balaban J connectivity index is 2.06. The van der Waals surface area contributed by atoms with Crippen molar-refractivity contribution >= 4 is 17.2 Å². The molecule has 0 aliphatic carbocycles. The van der Waals surface area contributed by atoms with Gasteiger partial charge in [0.2, 0.25) is 0 Å². The average molecular weight is 333 g/mol. The molecule has 0 spiro atoms. The Morgan fingerprint density at radius 2 is 1.32 bits per heavy atom. The first-order valence-electron chi connectivity index (χ1n) is 8.04. The molecule has 0 unspecified atom stereocenters. The maximum Gasteiger partial charge on any atom is 0.285 e. The fourth-order valence-corrected chi connectivity index (χ4v) is 2.55. The van der Waals surface area contributed by atoms with E-state index in [0.29, 0.717) is 0 Å². The van der Waals surface area contributed by atoms with Gasteiger partial charge in [-0.25, -0.2) is 10.3 Å². The van der Waals surface area contributed by atoms with Gasteiger partial charge in [0.15, 0.2) is 22.9 Å². The van der Waals surface area contributed by atoms with Crippen molar-refractivity contribution in [2.24, 2.45) is 0 Å². The second kappa shape index (κ2) is 8.02. The zero-order chi connectivity index (χ0) is 17.5. The molecule has 0 aliphatic heterocycles. The normalized spacial score (nSPS) is 11.0. The molecule has 126 valence electrons. The Morgan fingerprint density at radius 1 is 0.720 bits per heavy atom. The molecule has 25 heavy (non-hydrogen) atoms. The Labute approximate surface area is 147 Å². The van der Waals surface area contributed by atoms with Gasteiger partial charge in [-0.1, -0.05) is 42.5 Å². The van der Waals surface area contributed by atoms with Crippen molar-refractivity contribution in [3.05, 3.63) is 84.4 Å². The average Bonchev–Trinajstić information content (AvgIpc) is 2.69. The Hall–Kier alpha value is -3.27. The highest BCUT2D eigenvalue weighted by Crippen LogP contribution is 2.23. The van der Waals surface area contributed by atoms with E-state index in [1.165, 1.54) is 0 Å². The van der Waals surface area contributed by atoms with Gasteiger partial charge in [-0.15, -0.1) is 0 Å². The number of nitrogens with one attached hydrogen (secondary N) is 2. The predicted octanol–water partition coefficient (Wildman–Crippen LogP) is 2.97.